The Hall–Kier alpha value is -1.91. The molecule has 5 heteroatoms. The molecule has 20 heavy (non-hydrogen) atoms. The average molecular weight is 279 g/mol. The Kier molecular flexibility index (Phi) is 4.71. The van der Waals surface area contributed by atoms with Crippen molar-refractivity contribution in [3.8, 4) is 0 Å². The van der Waals surface area contributed by atoms with Crippen LogP contribution in [0.25, 0.3) is 0 Å². The second kappa shape index (κ2) is 6.50. The van der Waals surface area contributed by atoms with E-state index in [9.17, 15) is 14.0 Å². The van der Waals surface area contributed by atoms with E-state index in [4.69, 9.17) is 4.74 Å². The summed E-state index contributed by atoms with van der Waals surface area (Å²) in [6.07, 6.45) is -1.21. The highest BCUT2D eigenvalue weighted by molar-refractivity contribution is 5.95. The average Bonchev–Trinajstić information content (AvgIpc) is 2.80. The number of benzene rings is 1. The van der Waals surface area contributed by atoms with E-state index in [2.05, 4.69) is 0 Å². The molecule has 0 radical (unpaired) electrons. The number of halogens is 1. The zero-order chi connectivity index (χ0) is 14.5. The van der Waals surface area contributed by atoms with Gasteiger partial charge in [0.15, 0.2) is 6.17 Å². The van der Waals surface area contributed by atoms with Crippen LogP contribution in [0.15, 0.2) is 30.3 Å². The number of carbonyl (C=O) groups excluding carboxylic acids is 2. The molecule has 0 aromatic heterocycles. The van der Waals surface area contributed by atoms with E-state index in [-0.39, 0.29) is 13.0 Å². The van der Waals surface area contributed by atoms with Gasteiger partial charge in [-0.3, -0.25) is 4.79 Å². The van der Waals surface area contributed by atoms with E-state index >= 15 is 0 Å². The van der Waals surface area contributed by atoms with Crippen LogP contribution in [-0.4, -0.2) is 35.7 Å². The summed E-state index contributed by atoms with van der Waals surface area (Å²) in [5, 5.41) is 0. The molecule has 0 spiro atoms. The number of imide groups is 1. The molecule has 1 aromatic rings. The monoisotopic (exact) mass is 279 g/mol. The van der Waals surface area contributed by atoms with E-state index in [1.165, 1.54) is 0 Å². The number of alkyl halides is 1. The lowest BCUT2D eigenvalue weighted by Gasteiger charge is -2.21. The molecule has 2 amide bonds. The molecule has 108 valence electrons. The summed E-state index contributed by atoms with van der Waals surface area (Å²) in [5.74, 6) is -0.782. The molecule has 1 heterocycles. The molecule has 1 fully saturated rings. The normalized spacial score (nSPS) is 19.8. The third-order valence-electron chi connectivity index (χ3n) is 3.32. The number of rotatable bonds is 5. The van der Waals surface area contributed by atoms with Gasteiger partial charge in [-0.05, 0) is 18.4 Å². The lowest BCUT2D eigenvalue weighted by Crippen LogP contribution is -2.44. The molecule has 4 nitrogen and oxygen atoms in total. The van der Waals surface area contributed by atoms with Crippen LogP contribution >= 0.6 is 0 Å². The van der Waals surface area contributed by atoms with Crippen LogP contribution < -0.4 is 0 Å². The van der Waals surface area contributed by atoms with Gasteiger partial charge in [0.1, 0.15) is 6.61 Å². The van der Waals surface area contributed by atoms with Gasteiger partial charge in [0.25, 0.3) is 5.91 Å². The number of ether oxygens (including phenoxy) is 1. The Morgan fingerprint density at radius 1 is 1.45 bits per heavy atom. The molecule has 1 aliphatic rings. The van der Waals surface area contributed by atoms with Crippen LogP contribution in [0.5, 0.6) is 0 Å². The highest BCUT2D eigenvalue weighted by Gasteiger charge is 2.40. The van der Waals surface area contributed by atoms with Crippen LogP contribution in [0.2, 0.25) is 0 Å². The first-order chi connectivity index (χ1) is 9.63. The van der Waals surface area contributed by atoms with E-state index < -0.39 is 24.2 Å². The van der Waals surface area contributed by atoms with Crippen molar-refractivity contribution < 1.29 is 18.7 Å². The molecule has 2 unspecified atom stereocenters. The highest BCUT2D eigenvalue weighted by atomic mass is 19.1. The minimum Gasteiger partial charge on any atom is -0.447 e. The molecule has 0 aliphatic carbocycles. The second-order valence-corrected chi connectivity index (χ2v) is 4.88. The highest BCUT2D eigenvalue weighted by Crippen LogP contribution is 2.20. The van der Waals surface area contributed by atoms with Gasteiger partial charge < -0.3 is 4.74 Å². The van der Waals surface area contributed by atoms with E-state index in [0.717, 1.165) is 10.5 Å². The number of hydrogen-bond donors (Lipinski definition) is 0. The van der Waals surface area contributed by atoms with Gasteiger partial charge in [-0.25, -0.2) is 14.1 Å². The van der Waals surface area contributed by atoms with Crippen LogP contribution in [0.1, 0.15) is 25.3 Å². The summed E-state index contributed by atoms with van der Waals surface area (Å²) >= 11 is 0. The number of cyclic esters (lactones) is 1. The van der Waals surface area contributed by atoms with Gasteiger partial charge in [-0.15, -0.1) is 0 Å². The zero-order valence-corrected chi connectivity index (χ0v) is 11.4. The van der Waals surface area contributed by atoms with Gasteiger partial charge in [0.2, 0.25) is 0 Å². The minimum atomic E-state index is -1.64. The molecule has 0 bridgehead atoms. The molecule has 0 N–H and O–H groups in total. The smallest absolute Gasteiger partial charge is 0.417 e. The van der Waals surface area contributed by atoms with Crippen LogP contribution in [0.3, 0.4) is 0 Å². The first kappa shape index (κ1) is 14.5. The maximum absolute atomic E-state index is 13.7. The van der Waals surface area contributed by atoms with Crippen LogP contribution in [0, 0.1) is 0 Å². The van der Waals surface area contributed by atoms with E-state index in [1.807, 2.05) is 30.3 Å². The molecule has 0 saturated carbocycles. The van der Waals surface area contributed by atoms with E-state index in [0.29, 0.717) is 12.8 Å². The Morgan fingerprint density at radius 2 is 2.15 bits per heavy atom. The van der Waals surface area contributed by atoms with Gasteiger partial charge in [0, 0.05) is 0 Å². The molecule has 1 aliphatic heterocycles. The largest absolute Gasteiger partial charge is 0.447 e. The molecule has 2 atom stereocenters. The van der Waals surface area contributed by atoms with Crippen molar-refractivity contribution in [3.63, 3.8) is 0 Å². The minimum absolute atomic E-state index is 0.123. The molecule has 2 rings (SSSR count). The summed E-state index contributed by atoms with van der Waals surface area (Å²) < 4.78 is 18.6. The van der Waals surface area contributed by atoms with Gasteiger partial charge in [-0.1, -0.05) is 43.7 Å². The third-order valence-corrected chi connectivity index (χ3v) is 3.32. The number of hydrogen-bond acceptors (Lipinski definition) is 3. The molecular weight excluding hydrogens is 261 g/mol. The lowest BCUT2D eigenvalue weighted by molar-refractivity contribution is -0.134. The molecular formula is C15H18FNO3. The van der Waals surface area contributed by atoms with Crippen LogP contribution in [-0.2, 0) is 16.0 Å². The SMILES string of the molecule is CCCC(F)C(=O)N1C(=O)OCC1Cc1ccccc1. The fourth-order valence-corrected chi connectivity index (χ4v) is 2.29. The lowest BCUT2D eigenvalue weighted by atomic mass is 10.1. The molecule has 1 aromatic carbocycles. The van der Waals surface area contributed by atoms with Crippen molar-refractivity contribution in [2.45, 2.75) is 38.4 Å². The third kappa shape index (κ3) is 3.15. The predicted octanol–water partition coefficient (Wildman–Crippen LogP) is 2.71. The molecule has 1 saturated heterocycles. The van der Waals surface area contributed by atoms with E-state index in [1.54, 1.807) is 6.92 Å². The van der Waals surface area contributed by atoms with Crippen molar-refractivity contribution in [2.75, 3.05) is 6.61 Å². The van der Waals surface area contributed by atoms with Crippen molar-refractivity contribution in [1.29, 1.82) is 0 Å². The fraction of sp³-hybridized carbons (Fsp3) is 0.467. The Labute approximate surface area is 117 Å². The second-order valence-electron chi connectivity index (χ2n) is 4.88. The Balaban J connectivity index is 2.08. The summed E-state index contributed by atoms with van der Waals surface area (Å²) in [4.78, 5) is 24.6. The van der Waals surface area contributed by atoms with Crippen molar-refractivity contribution >= 4 is 12.0 Å². The summed E-state index contributed by atoms with van der Waals surface area (Å²) in [6, 6.07) is 9.05. The van der Waals surface area contributed by atoms with Crippen molar-refractivity contribution in [1.82, 2.24) is 4.90 Å². The number of nitrogens with zero attached hydrogens (tertiary/aromatic N) is 1. The quantitative estimate of drug-likeness (QED) is 0.832. The number of carbonyl (C=O) groups is 2. The summed E-state index contributed by atoms with van der Waals surface area (Å²) in [5.41, 5.74) is 0.986. The van der Waals surface area contributed by atoms with Gasteiger partial charge in [0.05, 0.1) is 6.04 Å². The van der Waals surface area contributed by atoms with Crippen LogP contribution in [0.4, 0.5) is 9.18 Å². The maximum Gasteiger partial charge on any atom is 0.417 e. The summed E-state index contributed by atoms with van der Waals surface area (Å²) in [6.45, 7) is 1.92. The van der Waals surface area contributed by atoms with Crippen molar-refractivity contribution in [3.05, 3.63) is 35.9 Å². The first-order valence-electron chi connectivity index (χ1n) is 6.81. The van der Waals surface area contributed by atoms with Crippen molar-refractivity contribution in [2.24, 2.45) is 0 Å². The Bertz CT molecular complexity index is 477. The first-order valence-corrected chi connectivity index (χ1v) is 6.81. The predicted molar refractivity (Wildman–Crippen MR) is 71.9 cm³/mol. The number of amides is 2. The zero-order valence-electron chi connectivity index (χ0n) is 11.4. The summed E-state index contributed by atoms with van der Waals surface area (Å²) in [7, 11) is 0. The fourth-order valence-electron chi connectivity index (χ4n) is 2.29. The Morgan fingerprint density at radius 3 is 2.80 bits per heavy atom. The van der Waals surface area contributed by atoms with Gasteiger partial charge in [-0.2, -0.15) is 0 Å². The van der Waals surface area contributed by atoms with Gasteiger partial charge >= 0.3 is 6.09 Å². The standard InChI is InChI=1S/C15H18FNO3/c1-2-6-13(16)14(18)17-12(10-20-15(17)19)9-11-7-4-3-5-8-11/h3-5,7-8,12-13H,2,6,9-10H2,1H3. The topological polar surface area (TPSA) is 46.6 Å². The maximum atomic E-state index is 13.7.